The topological polar surface area (TPSA) is 69.2 Å². The zero-order valence-corrected chi connectivity index (χ0v) is 10.2. The first-order valence-corrected chi connectivity index (χ1v) is 5.43. The number of hydrogen-bond acceptors (Lipinski definition) is 3. The molecule has 90 valence electrons. The van der Waals surface area contributed by atoms with Gasteiger partial charge in [0.15, 0.2) is 0 Å². The fourth-order valence-corrected chi connectivity index (χ4v) is 1.49. The number of aliphatic hydroxyl groups is 1. The first-order valence-electron chi connectivity index (χ1n) is 5.43. The largest absolute Gasteiger partial charge is 0.392 e. The van der Waals surface area contributed by atoms with E-state index < -0.39 is 6.10 Å². The van der Waals surface area contributed by atoms with Gasteiger partial charge in [-0.3, -0.25) is 9.89 Å². The lowest BCUT2D eigenvalue weighted by Gasteiger charge is -2.27. The van der Waals surface area contributed by atoms with Gasteiger partial charge >= 0.3 is 0 Å². The van der Waals surface area contributed by atoms with E-state index in [1.165, 1.54) is 0 Å². The molecular formula is C11H19N3O2. The van der Waals surface area contributed by atoms with Crippen molar-refractivity contribution in [2.24, 2.45) is 0 Å². The van der Waals surface area contributed by atoms with Gasteiger partial charge in [-0.1, -0.05) is 0 Å². The number of hydrogen-bond donors (Lipinski definition) is 2. The van der Waals surface area contributed by atoms with Crippen LogP contribution in [0.15, 0.2) is 6.07 Å². The lowest BCUT2D eigenvalue weighted by atomic mass is 10.2. The highest BCUT2D eigenvalue weighted by Crippen LogP contribution is 2.08. The summed E-state index contributed by atoms with van der Waals surface area (Å²) in [5, 5.41) is 16.0. The van der Waals surface area contributed by atoms with Crippen LogP contribution in [0.3, 0.4) is 0 Å². The van der Waals surface area contributed by atoms with E-state index in [0.29, 0.717) is 12.2 Å². The summed E-state index contributed by atoms with van der Waals surface area (Å²) in [7, 11) is 0. The van der Waals surface area contributed by atoms with Gasteiger partial charge in [-0.15, -0.1) is 0 Å². The van der Waals surface area contributed by atoms with Crippen molar-refractivity contribution in [1.82, 2.24) is 15.1 Å². The minimum atomic E-state index is -0.536. The first kappa shape index (κ1) is 12.7. The summed E-state index contributed by atoms with van der Waals surface area (Å²) < 4.78 is 0. The van der Waals surface area contributed by atoms with Crippen molar-refractivity contribution in [3.63, 3.8) is 0 Å². The second-order valence-electron chi connectivity index (χ2n) is 4.34. The zero-order valence-electron chi connectivity index (χ0n) is 10.2. The Hall–Kier alpha value is -1.36. The van der Waals surface area contributed by atoms with Crippen molar-refractivity contribution in [2.75, 3.05) is 6.54 Å². The molecule has 1 heterocycles. The third-order valence-electron chi connectivity index (χ3n) is 2.27. The smallest absolute Gasteiger partial charge is 0.274 e. The molecule has 0 aliphatic rings. The standard InChI is InChI=1S/C11H19N3O2/c1-7(2)14(6-9(4)15)11(16)10-5-8(3)12-13-10/h5,7,9,15H,6H2,1-4H3,(H,12,13). The molecule has 0 radical (unpaired) electrons. The van der Waals surface area contributed by atoms with E-state index in [9.17, 15) is 9.90 Å². The molecule has 0 aromatic carbocycles. The van der Waals surface area contributed by atoms with Crippen LogP contribution in [-0.4, -0.2) is 44.8 Å². The minimum Gasteiger partial charge on any atom is -0.392 e. The van der Waals surface area contributed by atoms with Gasteiger partial charge in [0.1, 0.15) is 5.69 Å². The summed E-state index contributed by atoms with van der Waals surface area (Å²) in [5.41, 5.74) is 1.25. The van der Waals surface area contributed by atoms with Crippen molar-refractivity contribution in [3.8, 4) is 0 Å². The number of nitrogens with zero attached hydrogens (tertiary/aromatic N) is 2. The van der Waals surface area contributed by atoms with Crippen LogP contribution < -0.4 is 0 Å². The normalized spacial score (nSPS) is 12.9. The molecule has 0 spiro atoms. The Kier molecular flexibility index (Phi) is 4.06. The van der Waals surface area contributed by atoms with Crippen LogP contribution in [0.4, 0.5) is 0 Å². The summed E-state index contributed by atoms with van der Waals surface area (Å²) in [5.74, 6) is -0.153. The van der Waals surface area contributed by atoms with Gasteiger partial charge < -0.3 is 10.0 Å². The van der Waals surface area contributed by atoms with E-state index in [2.05, 4.69) is 10.2 Å². The summed E-state index contributed by atoms with van der Waals surface area (Å²) in [6.07, 6.45) is -0.536. The van der Waals surface area contributed by atoms with Gasteiger partial charge in [0.2, 0.25) is 0 Å². The maximum absolute atomic E-state index is 12.1. The Bertz CT molecular complexity index is 358. The van der Waals surface area contributed by atoms with E-state index in [-0.39, 0.29) is 11.9 Å². The number of aliphatic hydroxyl groups excluding tert-OH is 1. The van der Waals surface area contributed by atoms with Crippen molar-refractivity contribution in [2.45, 2.75) is 39.8 Å². The predicted molar refractivity (Wildman–Crippen MR) is 61.2 cm³/mol. The maximum atomic E-state index is 12.1. The number of carbonyl (C=O) groups is 1. The SMILES string of the molecule is Cc1cc(C(=O)N(CC(C)O)C(C)C)n[nH]1. The van der Waals surface area contributed by atoms with Gasteiger partial charge in [-0.25, -0.2) is 0 Å². The lowest BCUT2D eigenvalue weighted by Crippen LogP contribution is -2.41. The van der Waals surface area contributed by atoms with Crippen LogP contribution in [0.25, 0.3) is 0 Å². The number of H-pyrrole nitrogens is 1. The van der Waals surface area contributed by atoms with Crippen LogP contribution in [0, 0.1) is 6.92 Å². The number of aryl methyl sites for hydroxylation is 1. The van der Waals surface area contributed by atoms with Gasteiger partial charge in [-0.2, -0.15) is 5.10 Å². The average Bonchev–Trinajstić information content (AvgIpc) is 2.59. The predicted octanol–water partition coefficient (Wildman–Crippen LogP) is 0.950. The third kappa shape index (κ3) is 3.06. The molecule has 0 saturated carbocycles. The molecule has 0 aliphatic carbocycles. The molecule has 0 bridgehead atoms. The molecule has 1 rings (SSSR count). The number of aromatic amines is 1. The van der Waals surface area contributed by atoms with E-state index in [1.807, 2.05) is 20.8 Å². The first-order chi connectivity index (χ1) is 7.41. The second kappa shape index (κ2) is 5.12. The Morgan fingerprint density at radius 2 is 2.19 bits per heavy atom. The van der Waals surface area contributed by atoms with Crippen LogP contribution in [0.2, 0.25) is 0 Å². The highest BCUT2D eigenvalue weighted by molar-refractivity contribution is 5.92. The maximum Gasteiger partial charge on any atom is 0.274 e. The lowest BCUT2D eigenvalue weighted by molar-refractivity contribution is 0.0573. The molecule has 5 nitrogen and oxygen atoms in total. The summed E-state index contributed by atoms with van der Waals surface area (Å²) >= 11 is 0. The highest BCUT2D eigenvalue weighted by atomic mass is 16.3. The van der Waals surface area contributed by atoms with E-state index in [4.69, 9.17) is 0 Å². The fraction of sp³-hybridized carbons (Fsp3) is 0.636. The van der Waals surface area contributed by atoms with Crippen LogP contribution in [-0.2, 0) is 0 Å². The van der Waals surface area contributed by atoms with Crippen LogP contribution in [0.1, 0.15) is 37.0 Å². The summed E-state index contributed by atoms with van der Waals surface area (Å²) in [4.78, 5) is 13.7. The number of rotatable bonds is 4. The van der Waals surface area contributed by atoms with Gasteiger partial charge in [-0.05, 0) is 33.8 Å². The molecule has 2 N–H and O–H groups in total. The molecular weight excluding hydrogens is 206 g/mol. The Morgan fingerprint density at radius 1 is 1.56 bits per heavy atom. The van der Waals surface area contributed by atoms with Gasteiger partial charge in [0.05, 0.1) is 6.10 Å². The summed E-state index contributed by atoms with van der Waals surface area (Å²) in [6, 6.07) is 1.75. The highest BCUT2D eigenvalue weighted by Gasteiger charge is 2.21. The quantitative estimate of drug-likeness (QED) is 0.801. The van der Waals surface area contributed by atoms with Crippen LogP contribution in [0.5, 0.6) is 0 Å². The molecule has 1 aromatic heterocycles. The molecule has 0 aliphatic heterocycles. The fourth-order valence-electron chi connectivity index (χ4n) is 1.49. The van der Waals surface area contributed by atoms with Crippen molar-refractivity contribution < 1.29 is 9.90 Å². The number of carbonyl (C=O) groups excluding carboxylic acids is 1. The molecule has 0 saturated heterocycles. The monoisotopic (exact) mass is 225 g/mol. The number of amides is 1. The molecule has 0 fully saturated rings. The second-order valence-corrected chi connectivity index (χ2v) is 4.34. The molecule has 1 atom stereocenters. The van der Waals surface area contributed by atoms with Crippen molar-refractivity contribution in [1.29, 1.82) is 0 Å². The molecule has 1 unspecified atom stereocenters. The zero-order chi connectivity index (χ0) is 12.3. The molecule has 16 heavy (non-hydrogen) atoms. The van der Waals surface area contributed by atoms with E-state index in [1.54, 1.807) is 17.9 Å². The molecule has 1 amide bonds. The Labute approximate surface area is 95.5 Å². The Morgan fingerprint density at radius 3 is 2.56 bits per heavy atom. The molecule has 1 aromatic rings. The van der Waals surface area contributed by atoms with Crippen molar-refractivity contribution in [3.05, 3.63) is 17.5 Å². The van der Waals surface area contributed by atoms with Gasteiger partial charge in [0.25, 0.3) is 5.91 Å². The minimum absolute atomic E-state index is 0.0408. The van der Waals surface area contributed by atoms with Gasteiger partial charge in [0, 0.05) is 18.3 Å². The van der Waals surface area contributed by atoms with E-state index in [0.717, 1.165) is 5.69 Å². The van der Waals surface area contributed by atoms with Crippen molar-refractivity contribution >= 4 is 5.91 Å². The van der Waals surface area contributed by atoms with E-state index >= 15 is 0 Å². The molecule has 5 heteroatoms. The summed E-state index contributed by atoms with van der Waals surface area (Å²) in [6.45, 7) is 7.67. The average molecular weight is 225 g/mol. The third-order valence-corrected chi connectivity index (χ3v) is 2.27. The number of nitrogens with one attached hydrogen (secondary N) is 1. The number of aromatic nitrogens is 2. The van der Waals surface area contributed by atoms with Crippen LogP contribution >= 0.6 is 0 Å². The Balaban J connectivity index is 2.83.